The lowest BCUT2D eigenvalue weighted by Crippen LogP contribution is -2.31. The van der Waals surface area contributed by atoms with Gasteiger partial charge < -0.3 is 26.4 Å². The molecular formula is C24H26N6O5S. The molecule has 2 heterocycles. The third-order valence-corrected chi connectivity index (χ3v) is 7.43. The molecule has 1 saturated heterocycles. The Hall–Kier alpha value is -4.03. The highest BCUT2D eigenvalue weighted by molar-refractivity contribution is 7.92. The van der Waals surface area contributed by atoms with Crippen LogP contribution in [0, 0.1) is 0 Å². The van der Waals surface area contributed by atoms with Crippen molar-refractivity contribution in [3.63, 3.8) is 0 Å². The second kappa shape index (κ2) is 11.1. The Bertz CT molecular complexity index is 1330. The van der Waals surface area contributed by atoms with Gasteiger partial charge in [0.1, 0.15) is 11.1 Å². The molecule has 1 aliphatic heterocycles. The Kier molecular flexibility index (Phi) is 7.76. The monoisotopic (exact) mass is 510 g/mol. The van der Waals surface area contributed by atoms with E-state index < -0.39 is 32.8 Å². The SMILES string of the molecule is O=C(Nc1ccccc1)Nc1ccc(-c2nc(CS(=O)(=O)C3CCNC3=O)cc(NCCO)n2)cc1. The number of nitrogens with one attached hydrogen (secondary N) is 4. The summed E-state index contributed by atoms with van der Waals surface area (Å²) in [6, 6.07) is 16.9. The maximum atomic E-state index is 12.8. The molecule has 1 aromatic heterocycles. The number of rotatable bonds is 9. The fourth-order valence-electron chi connectivity index (χ4n) is 3.71. The number of aromatic nitrogens is 2. The highest BCUT2D eigenvalue weighted by Crippen LogP contribution is 2.23. The zero-order valence-electron chi connectivity index (χ0n) is 19.3. The van der Waals surface area contributed by atoms with Crippen molar-refractivity contribution in [2.75, 3.05) is 35.6 Å². The average Bonchev–Trinajstić information content (AvgIpc) is 3.30. The van der Waals surface area contributed by atoms with Crippen LogP contribution in [0.15, 0.2) is 60.7 Å². The van der Waals surface area contributed by atoms with Crippen molar-refractivity contribution in [1.82, 2.24) is 15.3 Å². The molecule has 1 unspecified atom stereocenters. The summed E-state index contributed by atoms with van der Waals surface area (Å²) >= 11 is 0. The maximum Gasteiger partial charge on any atom is 0.323 e. The largest absolute Gasteiger partial charge is 0.395 e. The van der Waals surface area contributed by atoms with Crippen LogP contribution in [0.25, 0.3) is 11.4 Å². The van der Waals surface area contributed by atoms with Crippen LogP contribution in [-0.2, 0) is 20.4 Å². The van der Waals surface area contributed by atoms with Crippen LogP contribution in [0.3, 0.4) is 0 Å². The summed E-state index contributed by atoms with van der Waals surface area (Å²) in [6.45, 7) is 0.401. The second-order valence-electron chi connectivity index (χ2n) is 8.12. The number of benzene rings is 2. The average molecular weight is 511 g/mol. The van der Waals surface area contributed by atoms with Gasteiger partial charge in [-0.25, -0.2) is 23.2 Å². The Morgan fingerprint density at radius 3 is 2.36 bits per heavy atom. The highest BCUT2D eigenvalue weighted by Gasteiger charge is 2.36. The number of sulfone groups is 1. The summed E-state index contributed by atoms with van der Waals surface area (Å²) in [5.74, 6) is -0.311. The predicted octanol–water partition coefficient (Wildman–Crippen LogP) is 2.00. The van der Waals surface area contributed by atoms with Crippen molar-refractivity contribution in [2.45, 2.75) is 17.4 Å². The van der Waals surface area contributed by atoms with Gasteiger partial charge in [-0.3, -0.25) is 4.79 Å². The number of para-hydroxylation sites is 1. The zero-order chi connectivity index (χ0) is 25.5. The van der Waals surface area contributed by atoms with Gasteiger partial charge in [0.15, 0.2) is 15.7 Å². The van der Waals surface area contributed by atoms with E-state index in [1.54, 1.807) is 36.4 Å². The Labute approximate surface area is 208 Å². The van der Waals surface area contributed by atoms with Gasteiger partial charge in [0, 0.05) is 36.1 Å². The number of hydrogen-bond donors (Lipinski definition) is 5. The molecule has 36 heavy (non-hydrogen) atoms. The number of urea groups is 1. The molecule has 0 saturated carbocycles. The minimum absolute atomic E-state index is 0.138. The number of aliphatic hydroxyl groups excluding tert-OH is 1. The van der Waals surface area contributed by atoms with E-state index in [1.807, 2.05) is 18.2 Å². The minimum Gasteiger partial charge on any atom is -0.395 e. The van der Waals surface area contributed by atoms with Gasteiger partial charge in [0.2, 0.25) is 5.91 Å². The highest BCUT2D eigenvalue weighted by atomic mass is 32.2. The molecule has 188 valence electrons. The number of anilines is 3. The molecule has 5 N–H and O–H groups in total. The van der Waals surface area contributed by atoms with E-state index in [0.29, 0.717) is 29.3 Å². The van der Waals surface area contributed by atoms with Crippen molar-refractivity contribution >= 4 is 39.0 Å². The van der Waals surface area contributed by atoms with E-state index in [4.69, 9.17) is 5.11 Å². The second-order valence-corrected chi connectivity index (χ2v) is 10.3. The van der Waals surface area contributed by atoms with Crippen LogP contribution in [0.1, 0.15) is 12.1 Å². The van der Waals surface area contributed by atoms with Crippen LogP contribution >= 0.6 is 0 Å². The number of carbonyl (C=O) groups excluding carboxylic acids is 2. The summed E-state index contributed by atoms with van der Waals surface area (Å²) < 4.78 is 25.7. The first-order chi connectivity index (χ1) is 17.3. The van der Waals surface area contributed by atoms with Gasteiger partial charge in [-0.2, -0.15) is 0 Å². The maximum absolute atomic E-state index is 12.8. The van der Waals surface area contributed by atoms with Gasteiger partial charge in [-0.15, -0.1) is 0 Å². The molecule has 0 spiro atoms. The molecule has 2 aromatic carbocycles. The van der Waals surface area contributed by atoms with Gasteiger partial charge in [0.25, 0.3) is 0 Å². The first-order valence-corrected chi connectivity index (χ1v) is 13.0. The molecule has 1 aliphatic rings. The van der Waals surface area contributed by atoms with E-state index in [-0.39, 0.29) is 31.1 Å². The molecule has 1 atom stereocenters. The Morgan fingerprint density at radius 2 is 1.72 bits per heavy atom. The lowest BCUT2D eigenvalue weighted by molar-refractivity contribution is -0.118. The van der Waals surface area contributed by atoms with Gasteiger partial charge >= 0.3 is 6.03 Å². The normalized spacial score (nSPS) is 15.2. The molecule has 0 bridgehead atoms. The first kappa shape index (κ1) is 25.1. The van der Waals surface area contributed by atoms with E-state index in [9.17, 15) is 18.0 Å². The van der Waals surface area contributed by atoms with Crippen molar-refractivity contribution in [3.05, 3.63) is 66.4 Å². The molecule has 12 heteroatoms. The standard InChI is InChI=1S/C24H26N6O5S/c31-13-12-25-21-14-19(15-36(34,35)20-10-11-26-23(20)32)27-22(30-21)16-6-8-18(9-7-16)29-24(33)28-17-4-2-1-3-5-17/h1-9,14,20,31H,10-13,15H2,(H,26,32)(H,25,27,30)(H2,28,29,33). The Morgan fingerprint density at radius 1 is 1.03 bits per heavy atom. The lowest BCUT2D eigenvalue weighted by Gasteiger charge is -2.12. The third kappa shape index (κ3) is 6.34. The number of hydrogen-bond acceptors (Lipinski definition) is 8. The van der Waals surface area contributed by atoms with Crippen LogP contribution in [0.2, 0.25) is 0 Å². The third-order valence-electron chi connectivity index (χ3n) is 5.41. The molecule has 4 rings (SSSR count). The van der Waals surface area contributed by atoms with Crippen molar-refractivity contribution < 1.29 is 23.1 Å². The van der Waals surface area contributed by atoms with Gasteiger partial charge in [-0.05, 0) is 42.8 Å². The van der Waals surface area contributed by atoms with Crippen LogP contribution < -0.4 is 21.3 Å². The molecule has 3 amide bonds. The van der Waals surface area contributed by atoms with Gasteiger partial charge in [0.05, 0.1) is 18.1 Å². The summed E-state index contributed by atoms with van der Waals surface area (Å²) in [4.78, 5) is 33.0. The summed E-state index contributed by atoms with van der Waals surface area (Å²) in [5, 5.41) is 19.0. The van der Waals surface area contributed by atoms with E-state index in [0.717, 1.165) is 0 Å². The molecule has 1 fully saturated rings. The topological polar surface area (TPSA) is 162 Å². The van der Waals surface area contributed by atoms with E-state index in [1.165, 1.54) is 6.07 Å². The predicted molar refractivity (Wildman–Crippen MR) is 136 cm³/mol. The van der Waals surface area contributed by atoms with Crippen molar-refractivity contribution in [1.29, 1.82) is 0 Å². The number of aliphatic hydroxyl groups is 1. The Balaban J connectivity index is 1.52. The van der Waals surface area contributed by atoms with Crippen LogP contribution in [-0.4, -0.2) is 60.4 Å². The quantitative estimate of drug-likeness (QED) is 0.292. The lowest BCUT2D eigenvalue weighted by atomic mass is 10.2. The molecular weight excluding hydrogens is 484 g/mol. The fourth-order valence-corrected chi connectivity index (χ4v) is 5.36. The fraction of sp³-hybridized carbons (Fsp3) is 0.250. The summed E-state index contributed by atoms with van der Waals surface area (Å²) in [6.07, 6.45) is 0.223. The van der Waals surface area contributed by atoms with Crippen LogP contribution in [0.5, 0.6) is 0 Å². The van der Waals surface area contributed by atoms with Crippen molar-refractivity contribution in [3.8, 4) is 11.4 Å². The smallest absolute Gasteiger partial charge is 0.323 e. The zero-order valence-corrected chi connectivity index (χ0v) is 20.1. The molecule has 11 nitrogen and oxygen atoms in total. The first-order valence-electron chi connectivity index (χ1n) is 11.3. The van der Waals surface area contributed by atoms with E-state index in [2.05, 4.69) is 31.2 Å². The number of carbonyl (C=O) groups is 2. The molecule has 0 radical (unpaired) electrons. The summed E-state index contributed by atoms with van der Waals surface area (Å²) in [7, 11) is -3.78. The number of amides is 3. The van der Waals surface area contributed by atoms with Crippen LogP contribution in [0.4, 0.5) is 22.0 Å². The summed E-state index contributed by atoms with van der Waals surface area (Å²) in [5.41, 5.74) is 2.01. The molecule has 3 aromatic rings. The minimum atomic E-state index is -3.78. The number of nitrogens with zero attached hydrogens (tertiary/aromatic N) is 2. The molecule has 0 aliphatic carbocycles. The van der Waals surface area contributed by atoms with Crippen molar-refractivity contribution in [2.24, 2.45) is 0 Å². The van der Waals surface area contributed by atoms with E-state index >= 15 is 0 Å². The van der Waals surface area contributed by atoms with Gasteiger partial charge in [-0.1, -0.05) is 18.2 Å².